The molecule has 1 aromatic carbocycles. The first-order chi connectivity index (χ1) is 17.8. The first kappa shape index (κ1) is 24.1. The smallest absolute Gasteiger partial charge is 0.227 e. The number of anilines is 2. The topological polar surface area (TPSA) is 101 Å². The number of thioether (sulfide) groups is 1. The van der Waals surface area contributed by atoms with E-state index in [0.29, 0.717) is 24.1 Å². The molecular weight excluding hydrogens is 474 g/mol. The maximum atomic E-state index is 5.99. The van der Waals surface area contributed by atoms with Gasteiger partial charge in [0, 0.05) is 60.9 Å². The lowest BCUT2D eigenvalue weighted by molar-refractivity contribution is 0.248. The molecular formula is C26H29N7O2S. The van der Waals surface area contributed by atoms with Crippen LogP contribution >= 0.6 is 11.8 Å². The number of hydrogen-bond acceptors (Lipinski definition) is 9. The average molecular weight is 504 g/mol. The summed E-state index contributed by atoms with van der Waals surface area (Å²) in [6, 6.07) is 11.6. The summed E-state index contributed by atoms with van der Waals surface area (Å²) < 4.78 is 11.2. The van der Waals surface area contributed by atoms with Gasteiger partial charge in [0.05, 0.1) is 37.5 Å². The molecule has 3 aromatic heterocycles. The first-order valence-corrected chi connectivity index (χ1v) is 13.1. The number of hydrogen-bond donors (Lipinski definition) is 2. The van der Waals surface area contributed by atoms with Gasteiger partial charge in [0.15, 0.2) is 0 Å². The summed E-state index contributed by atoms with van der Waals surface area (Å²) in [7, 11) is 1.61. The van der Waals surface area contributed by atoms with Crippen LogP contribution in [0.3, 0.4) is 0 Å². The average Bonchev–Trinajstić information content (AvgIpc) is 3.43. The number of aromatic amines is 1. The number of benzene rings is 1. The molecule has 0 aliphatic carbocycles. The molecule has 4 aromatic rings. The molecule has 1 aliphatic heterocycles. The molecule has 0 atom stereocenters. The van der Waals surface area contributed by atoms with E-state index >= 15 is 0 Å². The second-order valence-corrected chi connectivity index (χ2v) is 9.56. The van der Waals surface area contributed by atoms with Crippen LogP contribution in [0.1, 0.15) is 6.42 Å². The molecule has 9 nitrogen and oxygen atoms in total. The highest BCUT2D eigenvalue weighted by molar-refractivity contribution is 7.99. The second kappa shape index (κ2) is 11.9. The lowest BCUT2D eigenvalue weighted by Crippen LogP contribution is -2.33. The fourth-order valence-corrected chi connectivity index (χ4v) is 4.90. The summed E-state index contributed by atoms with van der Waals surface area (Å²) in [5.74, 6) is 5.15. The SMILES string of the molecule is COc1cncc(-c2ncc(-c3ccnc(Nc4cccc(OCCCN5CCSCC5)c4)n3)[nH]2)c1. The highest BCUT2D eigenvalue weighted by Crippen LogP contribution is 2.25. The number of rotatable bonds is 10. The molecule has 0 amide bonds. The summed E-state index contributed by atoms with van der Waals surface area (Å²) in [5.41, 5.74) is 3.21. The van der Waals surface area contributed by atoms with Crippen LogP contribution < -0.4 is 14.8 Å². The van der Waals surface area contributed by atoms with Crippen molar-refractivity contribution < 1.29 is 9.47 Å². The third-order valence-corrected chi connectivity index (χ3v) is 6.75. The van der Waals surface area contributed by atoms with Gasteiger partial charge in [0.2, 0.25) is 5.95 Å². The summed E-state index contributed by atoms with van der Waals surface area (Å²) >= 11 is 2.04. The van der Waals surface area contributed by atoms with Gasteiger partial charge in [-0.25, -0.2) is 15.0 Å². The van der Waals surface area contributed by atoms with Crippen LogP contribution in [0.2, 0.25) is 0 Å². The lowest BCUT2D eigenvalue weighted by Gasteiger charge is -2.25. The Morgan fingerprint density at radius 2 is 1.97 bits per heavy atom. The zero-order valence-electron chi connectivity index (χ0n) is 20.2. The molecule has 1 fully saturated rings. The Morgan fingerprint density at radius 3 is 2.86 bits per heavy atom. The summed E-state index contributed by atoms with van der Waals surface area (Å²) in [6.07, 6.45) is 7.88. The number of aromatic nitrogens is 5. The van der Waals surface area contributed by atoms with Crippen molar-refractivity contribution in [2.45, 2.75) is 6.42 Å². The summed E-state index contributed by atoms with van der Waals surface area (Å²) in [5, 5.41) is 3.28. The third-order valence-electron chi connectivity index (χ3n) is 5.81. The van der Waals surface area contributed by atoms with Gasteiger partial charge >= 0.3 is 0 Å². The number of methoxy groups -OCH3 is 1. The van der Waals surface area contributed by atoms with Crippen molar-refractivity contribution in [3.05, 3.63) is 61.2 Å². The van der Waals surface area contributed by atoms with E-state index in [1.54, 1.807) is 31.9 Å². The van der Waals surface area contributed by atoms with Crippen LogP contribution in [-0.2, 0) is 0 Å². The lowest BCUT2D eigenvalue weighted by atomic mass is 10.2. The molecule has 0 saturated carbocycles. The number of nitrogens with zero attached hydrogens (tertiary/aromatic N) is 5. The standard InChI is InChI=1S/C26H29N7O2S/c1-34-22-14-19(16-27-17-22)25-29-18-24(31-25)23-6-7-28-26(32-23)30-20-4-2-5-21(15-20)35-11-3-8-33-9-12-36-13-10-33/h2,4-7,14-18H,3,8-13H2,1H3,(H,29,31)(H,28,30,32). The number of pyridine rings is 1. The fraction of sp³-hybridized carbons (Fsp3) is 0.308. The fourth-order valence-electron chi connectivity index (χ4n) is 3.92. The molecule has 1 saturated heterocycles. The maximum absolute atomic E-state index is 5.99. The molecule has 186 valence electrons. The molecule has 36 heavy (non-hydrogen) atoms. The maximum Gasteiger partial charge on any atom is 0.227 e. The second-order valence-electron chi connectivity index (χ2n) is 8.33. The van der Waals surface area contributed by atoms with Crippen molar-refractivity contribution >= 4 is 23.4 Å². The van der Waals surface area contributed by atoms with Gasteiger partial charge in [-0.15, -0.1) is 0 Å². The van der Waals surface area contributed by atoms with Crippen molar-refractivity contribution in [1.29, 1.82) is 0 Å². The van der Waals surface area contributed by atoms with E-state index in [4.69, 9.17) is 9.47 Å². The number of H-pyrrole nitrogens is 1. The molecule has 4 heterocycles. The first-order valence-electron chi connectivity index (χ1n) is 11.9. The highest BCUT2D eigenvalue weighted by Gasteiger charge is 2.11. The summed E-state index contributed by atoms with van der Waals surface area (Å²) in [4.78, 5) is 23.5. The van der Waals surface area contributed by atoms with E-state index in [1.807, 2.05) is 48.2 Å². The van der Waals surface area contributed by atoms with Crippen LogP contribution in [-0.4, -0.2) is 74.7 Å². The predicted molar refractivity (Wildman–Crippen MR) is 143 cm³/mol. The molecule has 2 N–H and O–H groups in total. The molecule has 0 radical (unpaired) electrons. The van der Waals surface area contributed by atoms with Gasteiger partial charge in [-0.05, 0) is 30.7 Å². The van der Waals surface area contributed by atoms with Gasteiger partial charge < -0.3 is 24.7 Å². The largest absolute Gasteiger partial charge is 0.495 e. The molecule has 0 bridgehead atoms. The van der Waals surface area contributed by atoms with Crippen LogP contribution in [0.25, 0.3) is 22.8 Å². The van der Waals surface area contributed by atoms with E-state index in [2.05, 4.69) is 35.1 Å². The minimum absolute atomic E-state index is 0.492. The van der Waals surface area contributed by atoms with Crippen molar-refractivity contribution in [1.82, 2.24) is 29.8 Å². The van der Waals surface area contributed by atoms with Gasteiger partial charge in [0.25, 0.3) is 0 Å². The van der Waals surface area contributed by atoms with Crippen molar-refractivity contribution in [2.75, 3.05) is 50.2 Å². The van der Waals surface area contributed by atoms with E-state index in [0.717, 1.165) is 41.4 Å². The van der Waals surface area contributed by atoms with Crippen LogP contribution in [0.4, 0.5) is 11.6 Å². The van der Waals surface area contributed by atoms with Gasteiger partial charge in [-0.1, -0.05) is 6.07 Å². The predicted octanol–water partition coefficient (Wildman–Crippen LogP) is 4.50. The number of nitrogens with one attached hydrogen (secondary N) is 2. The number of ether oxygens (including phenoxy) is 2. The minimum Gasteiger partial charge on any atom is -0.495 e. The normalized spacial score (nSPS) is 13.9. The monoisotopic (exact) mass is 503 g/mol. The highest BCUT2D eigenvalue weighted by atomic mass is 32.2. The summed E-state index contributed by atoms with van der Waals surface area (Å²) in [6.45, 7) is 4.15. The Kier molecular flexibility index (Phi) is 7.94. The van der Waals surface area contributed by atoms with Crippen molar-refractivity contribution in [3.63, 3.8) is 0 Å². The van der Waals surface area contributed by atoms with E-state index < -0.39 is 0 Å². The van der Waals surface area contributed by atoms with Crippen LogP contribution in [0, 0.1) is 0 Å². The number of imidazole rings is 1. The molecule has 1 aliphatic rings. The van der Waals surface area contributed by atoms with Crippen molar-refractivity contribution in [3.8, 4) is 34.3 Å². The molecule has 10 heteroatoms. The third kappa shape index (κ3) is 6.32. The minimum atomic E-state index is 0.492. The molecule has 5 rings (SSSR count). The Balaban J connectivity index is 1.20. The van der Waals surface area contributed by atoms with Gasteiger partial charge in [-0.2, -0.15) is 11.8 Å². The van der Waals surface area contributed by atoms with Gasteiger partial charge in [0.1, 0.15) is 17.3 Å². The van der Waals surface area contributed by atoms with Gasteiger partial charge in [-0.3, -0.25) is 4.98 Å². The zero-order valence-corrected chi connectivity index (χ0v) is 21.0. The quantitative estimate of drug-likeness (QED) is 0.303. The van der Waals surface area contributed by atoms with Crippen molar-refractivity contribution in [2.24, 2.45) is 0 Å². The van der Waals surface area contributed by atoms with Crippen LogP contribution in [0.5, 0.6) is 11.5 Å². The molecule has 0 unspecified atom stereocenters. The Labute approximate surface area is 214 Å². The molecule has 0 spiro atoms. The van der Waals surface area contributed by atoms with E-state index in [-0.39, 0.29) is 0 Å². The Hall–Kier alpha value is -3.63. The van der Waals surface area contributed by atoms with Crippen LogP contribution in [0.15, 0.2) is 61.2 Å². The van der Waals surface area contributed by atoms with E-state index in [1.165, 1.54) is 24.6 Å². The zero-order chi connectivity index (χ0) is 24.6. The Morgan fingerprint density at radius 1 is 1.06 bits per heavy atom. The Bertz CT molecular complexity index is 1280. The van der Waals surface area contributed by atoms with E-state index in [9.17, 15) is 0 Å².